The van der Waals surface area contributed by atoms with Gasteiger partial charge in [0, 0.05) is 50.2 Å². The maximum Gasteiger partial charge on any atom is 2.00 e. The summed E-state index contributed by atoms with van der Waals surface area (Å²) in [5.41, 5.74) is 13.0. The zero-order chi connectivity index (χ0) is 55.3. The molecule has 10 aromatic rings. The molecule has 2 heterocycles. The second-order valence-corrected chi connectivity index (χ2v) is 25.3. The van der Waals surface area contributed by atoms with E-state index in [4.69, 9.17) is 9.47 Å². The van der Waals surface area contributed by atoms with Gasteiger partial charge in [-0.25, -0.2) is 8.78 Å². The number of hydrogen-bond donors (Lipinski definition) is 2. The smallest absolute Gasteiger partial charge is 0.505 e. The topological polar surface area (TPSA) is 68.8 Å². The Morgan fingerprint density at radius 2 is 0.675 bits per heavy atom. The molecule has 0 unspecified atom stereocenters. The third-order valence-electron chi connectivity index (χ3n) is 15.2. The zero-order valence-electron chi connectivity index (χ0n) is 49.7. The first-order valence-electron chi connectivity index (χ1n) is 26.9. The summed E-state index contributed by atoms with van der Waals surface area (Å²) in [6.45, 7) is 30.9. The first-order valence-corrected chi connectivity index (χ1v) is 26.9. The monoisotopic (exact) mass is 1150 g/mol. The molecule has 2 N–H and O–H groups in total. The number of ether oxygens (including phenoxy) is 2. The van der Waals surface area contributed by atoms with Crippen LogP contribution in [0.5, 0.6) is 23.0 Å². The molecule has 0 saturated carbocycles. The number of aromatic hydroxyl groups is 2. The first kappa shape index (κ1) is 60.9. The van der Waals surface area contributed by atoms with E-state index in [0.717, 1.165) is 54.7 Å². The van der Waals surface area contributed by atoms with E-state index >= 15 is 8.78 Å². The average Bonchev–Trinajstić information content (AvgIpc) is 4.09. The number of aryl methyl sites for hydroxylation is 2. The van der Waals surface area contributed by atoms with Crippen LogP contribution in [0.4, 0.5) is 8.78 Å². The largest absolute Gasteiger partial charge is 2.00 e. The summed E-state index contributed by atoms with van der Waals surface area (Å²) in [6, 6.07) is 42.7. The number of aromatic nitrogens is 2. The van der Waals surface area contributed by atoms with Gasteiger partial charge in [-0.2, -0.15) is 0 Å². The fourth-order valence-corrected chi connectivity index (χ4v) is 10.8. The minimum atomic E-state index is -0.465. The Kier molecular flexibility index (Phi) is 17.0. The molecular weight excluding hydrogens is 1070 g/mol. The average molecular weight is 1150 g/mol. The van der Waals surface area contributed by atoms with Crippen LogP contribution < -0.4 is 9.47 Å². The van der Waals surface area contributed by atoms with Crippen molar-refractivity contribution in [3.05, 3.63) is 193 Å². The van der Waals surface area contributed by atoms with E-state index < -0.39 is 11.6 Å². The van der Waals surface area contributed by atoms with Crippen LogP contribution in [-0.2, 0) is 47.9 Å². The number of nitrogens with zero attached hydrogens (tertiary/aromatic N) is 2. The first-order chi connectivity index (χ1) is 36.2. The Bertz CT molecular complexity index is 3570. The van der Waals surface area contributed by atoms with Gasteiger partial charge in [0.2, 0.25) is 0 Å². The molecule has 0 saturated heterocycles. The fraction of sp³-hybridized carbons (Fsp3) is 0.296. The fourth-order valence-electron chi connectivity index (χ4n) is 10.8. The van der Waals surface area contributed by atoms with Crippen LogP contribution in [0.3, 0.4) is 0 Å². The summed E-state index contributed by atoms with van der Waals surface area (Å²) in [5, 5.41) is 29.2. The minimum Gasteiger partial charge on any atom is -0.505 e. The van der Waals surface area contributed by atoms with Crippen LogP contribution >= 0.6 is 0 Å². The van der Waals surface area contributed by atoms with Gasteiger partial charge >= 0.3 is 26.2 Å². The van der Waals surface area contributed by atoms with Crippen LogP contribution in [0.25, 0.3) is 77.2 Å². The molecule has 9 heteroatoms. The van der Waals surface area contributed by atoms with Gasteiger partial charge in [0.15, 0.2) is 0 Å². The van der Waals surface area contributed by atoms with Gasteiger partial charge in [-0.15, -0.1) is 0 Å². The van der Waals surface area contributed by atoms with E-state index in [1.54, 1.807) is 12.1 Å². The second-order valence-electron chi connectivity index (χ2n) is 25.3. The molecule has 0 atom stereocenters. The number of hydrogen-bond acceptors (Lipinski definition) is 4. The SMILES string of the molecule is Cc1cc(-c2cc(F)ccc2OCCCOc2ccc(F)cc2-c2cc(C)cc(-n3c4ccc(C(C)(C)C)cc4c4cc(C(C)(C)C)ccc43)c2O)c(O)c(-n2c3ccc(C(C)(C)C)cc3c3cc(C(C)(C)C)ccc32)c1.[CH3-].[CH3-].[Zr+2]. The van der Waals surface area contributed by atoms with E-state index in [1.165, 1.54) is 46.5 Å². The van der Waals surface area contributed by atoms with E-state index in [1.807, 2.05) is 38.1 Å². The van der Waals surface area contributed by atoms with Gasteiger partial charge < -0.3 is 43.7 Å². The van der Waals surface area contributed by atoms with E-state index in [9.17, 15) is 10.2 Å². The third-order valence-corrected chi connectivity index (χ3v) is 15.2. The van der Waals surface area contributed by atoms with Crippen molar-refractivity contribution in [1.82, 2.24) is 9.13 Å². The van der Waals surface area contributed by atoms with Gasteiger partial charge in [-0.05, 0) is 178 Å². The standard InChI is InChI=1S/C69H72F2N2O4.2CH3.Zr/c1-40-30-54(64(74)60(32-40)72-56-22-16-42(66(3,4)5)34-48(56)49-35-43(67(6,7)8)17-23-57(49)72)52-38-46(70)20-26-62(52)76-28-15-29-77-63-27-21-47(71)39-53(63)55-31-41(2)33-61(65(55)75)73-58-24-18-44(68(9,10)11)36-50(58)51-37-45(69(12,13)14)19-25-59(51)73;;;/h16-27,30-39,74-75H,15,28-29H2,1-14H3;2*1H3;/q;2*-1;+2. The number of rotatable bonds is 10. The molecule has 80 heavy (non-hydrogen) atoms. The maximum atomic E-state index is 15.4. The predicted octanol–water partition coefficient (Wildman–Crippen LogP) is 19.5. The molecule has 0 aliphatic rings. The van der Waals surface area contributed by atoms with Gasteiger partial charge in [0.05, 0.1) is 46.7 Å². The summed E-state index contributed by atoms with van der Waals surface area (Å²) < 4.78 is 47.8. The molecule has 414 valence electrons. The van der Waals surface area contributed by atoms with E-state index in [2.05, 4.69) is 165 Å². The Labute approximate surface area is 492 Å². The summed E-state index contributed by atoms with van der Waals surface area (Å²) in [6.07, 6.45) is 0.409. The number of benzene rings is 8. The van der Waals surface area contributed by atoms with Crippen LogP contribution in [-0.4, -0.2) is 32.6 Å². The van der Waals surface area contributed by atoms with Gasteiger partial charge in [0.1, 0.15) is 34.6 Å². The minimum absolute atomic E-state index is 0. The molecule has 0 radical (unpaired) electrons. The Balaban J connectivity index is 0.00000308. The summed E-state index contributed by atoms with van der Waals surface area (Å²) in [5.74, 6) is -0.122. The van der Waals surface area contributed by atoms with Gasteiger partial charge in [-0.1, -0.05) is 107 Å². The van der Waals surface area contributed by atoms with Crippen molar-refractivity contribution in [1.29, 1.82) is 0 Å². The molecule has 2 aromatic heterocycles. The normalized spacial score (nSPS) is 12.2. The summed E-state index contributed by atoms with van der Waals surface area (Å²) in [4.78, 5) is 0. The van der Waals surface area contributed by atoms with Crippen LogP contribution in [0.15, 0.2) is 133 Å². The molecule has 0 fully saturated rings. The van der Waals surface area contributed by atoms with Gasteiger partial charge in [-0.3, -0.25) is 0 Å². The third kappa shape index (κ3) is 11.5. The molecule has 10 rings (SSSR count). The molecule has 6 nitrogen and oxygen atoms in total. The van der Waals surface area contributed by atoms with Crippen LogP contribution in [0.1, 0.15) is 123 Å². The quantitative estimate of drug-likeness (QED) is 0.106. The molecule has 8 aromatic carbocycles. The number of phenolic OH excluding ortho intramolecular Hbond substituents is 2. The maximum absolute atomic E-state index is 15.4. The Morgan fingerprint density at radius 3 is 0.950 bits per heavy atom. The molecule has 0 aliphatic carbocycles. The van der Waals surface area contributed by atoms with Crippen molar-refractivity contribution < 1.29 is 54.7 Å². The van der Waals surface area contributed by atoms with Crippen molar-refractivity contribution in [2.75, 3.05) is 13.2 Å². The van der Waals surface area contributed by atoms with Crippen molar-refractivity contribution in [2.45, 2.75) is 125 Å². The number of halogens is 2. The molecular formula is C71H78F2N2O4Zr. The van der Waals surface area contributed by atoms with E-state index in [0.29, 0.717) is 51.5 Å². The summed E-state index contributed by atoms with van der Waals surface area (Å²) in [7, 11) is 0. The Morgan fingerprint density at radius 1 is 0.388 bits per heavy atom. The van der Waals surface area contributed by atoms with Crippen molar-refractivity contribution in [3.8, 4) is 56.6 Å². The second kappa shape index (κ2) is 22.3. The predicted molar refractivity (Wildman–Crippen MR) is 328 cm³/mol. The zero-order valence-corrected chi connectivity index (χ0v) is 52.1. The van der Waals surface area contributed by atoms with Crippen LogP contribution in [0.2, 0.25) is 0 Å². The van der Waals surface area contributed by atoms with Crippen molar-refractivity contribution >= 4 is 43.6 Å². The van der Waals surface area contributed by atoms with E-state index in [-0.39, 0.29) is 87.4 Å². The van der Waals surface area contributed by atoms with Gasteiger partial charge in [0.25, 0.3) is 0 Å². The molecule has 0 bridgehead atoms. The number of phenols is 2. The molecule has 0 aliphatic heterocycles. The van der Waals surface area contributed by atoms with Crippen LogP contribution in [0, 0.1) is 40.3 Å². The number of fused-ring (bicyclic) bond motifs is 6. The van der Waals surface area contributed by atoms with Crippen molar-refractivity contribution in [3.63, 3.8) is 0 Å². The molecule has 0 amide bonds. The van der Waals surface area contributed by atoms with Crippen molar-refractivity contribution in [2.24, 2.45) is 0 Å². The Hall–Kier alpha value is -6.70. The molecule has 0 spiro atoms. The summed E-state index contributed by atoms with van der Waals surface area (Å²) >= 11 is 0.